The molecule has 0 saturated heterocycles. The van der Waals surface area contributed by atoms with Gasteiger partial charge in [-0.25, -0.2) is 23.7 Å². The average molecular weight is 255 g/mol. The van der Waals surface area contributed by atoms with Gasteiger partial charge in [0.05, 0.1) is 0 Å². The Bertz CT molecular complexity index is 588. The number of aromatic nitrogens is 2. The zero-order valence-corrected chi connectivity index (χ0v) is 11.8. The summed E-state index contributed by atoms with van der Waals surface area (Å²) in [6.07, 6.45) is 0. The van der Waals surface area contributed by atoms with Gasteiger partial charge in [0, 0.05) is 18.1 Å². The molecule has 0 bridgehead atoms. The molecular formula is C12H21N3O3. The highest BCUT2D eigenvalue weighted by atomic mass is 16.4. The maximum Gasteiger partial charge on any atom is 0.426 e. The largest absolute Gasteiger partial charge is 0.426 e. The second kappa shape index (κ2) is 5.37. The van der Waals surface area contributed by atoms with Crippen LogP contribution in [-0.4, -0.2) is 15.2 Å². The molecule has 0 N–H and O–H groups in total. The standard InChI is InChI=1S/C12H21N3O3/c1-7(2)13-10-14(8(3)4)11(16)15(9(5)6)12(17)18-10/h7-9H,1-6H3. The molecule has 1 heterocycles. The molecule has 0 aliphatic rings. The third-order valence-corrected chi connectivity index (χ3v) is 2.39. The second-order valence-electron chi connectivity index (χ2n) is 5.08. The molecular weight excluding hydrogens is 234 g/mol. The van der Waals surface area contributed by atoms with E-state index in [0.29, 0.717) is 0 Å². The van der Waals surface area contributed by atoms with E-state index in [-0.39, 0.29) is 29.5 Å². The minimum atomic E-state index is -0.661. The summed E-state index contributed by atoms with van der Waals surface area (Å²) in [5.41, 5.74) is -0.289. The number of hydrogen-bond donors (Lipinski definition) is 0. The van der Waals surface area contributed by atoms with Crippen LogP contribution in [-0.2, 0) is 0 Å². The van der Waals surface area contributed by atoms with Crippen molar-refractivity contribution in [1.29, 1.82) is 0 Å². The Labute approximate surface area is 106 Å². The summed E-state index contributed by atoms with van der Waals surface area (Å²) in [5.74, 6) is -0.661. The fourth-order valence-electron chi connectivity index (χ4n) is 1.64. The SMILES string of the molecule is CC(C)N=c1oc(=O)n(C(C)C)c(=O)n1C(C)C. The van der Waals surface area contributed by atoms with Gasteiger partial charge in [-0.15, -0.1) is 0 Å². The summed E-state index contributed by atoms with van der Waals surface area (Å²) in [4.78, 5) is 28.2. The van der Waals surface area contributed by atoms with Crippen LogP contribution in [0.5, 0.6) is 0 Å². The van der Waals surface area contributed by atoms with E-state index in [0.717, 1.165) is 4.57 Å². The molecule has 102 valence electrons. The van der Waals surface area contributed by atoms with E-state index in [1.54, 1.807) is 13.8 Å². The van der Waals surface area contributed by atoms with Crippen LogP contribution in [0.15, 0.2) is 19.0 Å². The highest BCUT2D eigenvalue weighted by Crippen LogP contribution is 1.98. The van der Waals surface area contributed by atoms with E-state index in [4.69, 9.17) is 4.42 Å². The molecule has 0 aromatic carbocycles. The van der Waals surface area contributed by atoms with E-state index in [1.165, 1.54) is 4.57 Å². The van der Waals surface area contributed by atoms with Crippen molar-refractivity contribution < 1.29 is 4.42 Å². The first-order valence-electron chi connectivity index (χ1n) is 6.17. The van der Waals surface area contributed by atoms with Crippen molar-refractivity contribution in [1.82, 2.24) is 9.13 Å². The van der Waals surface area contributed by atoms with Crippen LogP contribution in [0.1, 0.15) is 53.6 Å². The lowest BCUT2D eigenvalue weighted by Crippen LogP contribution is -2.48. The number of hydrogen-bond acceptors (Lipinski definition) is 4. The van der Waals surface area contributed by atoms with Crippen molar-refractivity contribution in [3.05, 3.63) is 26.7 Å². The maximum atomic E-state index is 12.3. The zero-order valence-electron chi connectivity index (χ0n) is 11.8. The van der Waals surface area contributed by atoms with E-state index < -0.39 is 5.76 Å². The Hall–Kier alpha value is -1.59. The Kier molecular flexibility index (Phi) is 4.32. The van der Waals surface area contributed by atoms with Crippen molar-refractivity contribution >= 4 is 0 Å². The predicted octanol–water partition coefficient (Wildman–Crippen LogP) is 1.07. The molecule has 0 spiro atoms. The molecule has 1 rings (SSSR count). The molecule has 1 aromatic heterocycles. The Balaban J connectivity index is 3.80. The van der Waals surface area contributed by atoms with Gasteiger partial charge in [-0.3, -0.25) is 0 Å². The van der Waals surface area contributed by atoms with Crippen LogP contribution in [0.4, 0.5) is 0 Å². The molecule has 0 amide bonds. The highest BCUT2D eigenvalue weighted by Gasteiger charge is 2.15. The summed E-state index contributed by atoms with van der Waals surface area (Å²) in [7, 11) is 0. The minimum absolute atomic E-state index is 0.0487. The number of rotatable bonds is 3. The van der Waals surface area contributed by atoms with Crippen LogP contribution in [0.3, 0.4) is 0 Å². The smallest absolute Gasteiger partial charge is 0.375 e. The minimum Gasteiger partial charge on any atom is -0.375 e. The average Bonchev–Trinajstić information content (AvgIpc) is 2.13. The van der Waals surface area contributed by atoms with Gasteiger partial charge in [0.2, 0.25) is 0 Å². The Morgan fingerprint density at radius 1 is 0.944 bits per heavy atom. The highest BCUT2D eigenvalue weighted by molar-refractivity contribution is 4.76. The molecule has 0 aliphatic heterocycles. The van der Waals surface area contributed by atoms with Gasteiger partial charge in [0.15, 0.2) is 0 Å². The Morgan fingerprint density at radius 2 is 1.44 bits per heavy atom. The maximum absolute atomic E-state index is 12.3. The Morgan fingerprint density at radius 3 is 1.83 bits per heavy atom. The monoisotopic (exact) mass is 255 g/mol. The van der Waals surface area contributed by atoms with Gasteiger partial charge in [-0.1, -0.05) is 0 Å². The first kappa shape index (κ1) is 14.5. The summed E-state index contributed by atoms with van der Waals surface area (Å²) in [5, 5.41) is 0. The lowest BCUT2D eigenvalue weighted by molar-refractivity contribution is 0.281. The van der Waals surface area contributed by atoms with Crippen molar-refractivity contribution in [2.45, 2.75) is 59.7 Å². The third-order valence-electron chi connectivity index (χ3n) is 2.39. The van der Waals surface area contributed by atoms with Crippen LogP contribution in [0.2, 0.25) is 0 Å². The molecule has 0 saturated carbocycles. The molecule has 0 atom stereocenters. The van der Waals surface area contributed by atoms with E-state index in [9.17, 15) is 9.59 Å². The molecule has 1 aromatic rings. The molecule has 0 fully saturated rings. The molecule has 6 heteroatoms. The first-order chi connectivity index (χ1) is 8.25. The normalized spacial score (nSPS) is 13.1. The van der Waals surface area contributed by atoms with Gasteiger partial charge in [-0.05, 0) is 41.5 Å². The van der Waals surface area contributed by atoms with Crippen molar-refractivity contribution in [2.24, 2.45) is 4.99 Å². The molecule has 0 unspecified atom stereocenters. The fraction of sp³-hybridized carbons (Fsp3) is 0.750. The lowest BCUT2D eigenvalue weighted by Gasteiger charge is -2.14. The van der Waals surface area contributed by atoms with Gasteiger partial charge in [0.25, 0.3) is 0 Å². The lowest BCUT2D eigenvalue weighted by atomic mass is 10.4. The van der Waals surface area contributed by atoms with Crippen LogP contribution in [0.25, 0.3) is 0 Å². The van der Waals surface area contributed by atoms with Gasteiger partial charge >= 0.3 is 17.1 Å². The van der Waals surface area contributed by atoms with Gasteiger partial charge in [-0.2, -0.15) is 0 Å². The van der Waals surface area contributed by atoms with E-state index in [2.05, 4.69) is 4.99 Å². The second-order valence-corrected chi connectivity index (χ2v) is 5.08. The molecule has 6 nitrogen and oxygen atoms in total. The zero-order chi connectivity index (χ0) is 14.0. The predicted molar refractivity (Wildman–Crippen MR) is 68.7 cm³/mol. The summed E-state index contributed by atoms with van der Waals surface area (Å²) >= 11 is 0. The summed E-state index contributed by atoms with van der Waals surface area (Å²) in [6.45, 7) is 11.0. The van der Waals surface area contributed by atoms with Crippen molar-refractivity contribution in [2.75, 3.05) is 0 Å². The fourth-order valence-corrected chi connectivity index (χ4v) is 1.64. The van der Waals surface area contributed by atoms with Crippen LogP contribution >= 0.6 is 0 Å². The van der Waals surface area contributed by atoms with E-state index >= 15 is 0 Å². The van der Waals surface area contributed by atoms with Crippen LogP contribution < -0.4 is 17.1 Å². The van der Waals surface area contributed by atoms with E-state index in [1.807, 2.05) is 27.7 Å². The summed E-state index contributed by atoms with van der Waals surface area (Å²) in [6, 6.07) is -0.413. The topological polar surface area (TPSA) is 69.5 Å². The molecule has 18 heavy (non-hydrogen) atoms. The molecule has 0 aliphatic carbocycles. The number of nitrogens with zero attached hydrogens (tertiary/aromatic N) is 3. The molecule has 0 radical (unpaired) electrons. The third kappa shape index (κ3) is 2.80. The van der Waals surface area contributed by atoms with Gasteiger partial charge in [0.1, 0.15) is 0 Å². The first-order valence-corrected chi connectivity index (χ1v) is 6.17. The van der Waals surface area contributed by atoms with Crippen molar-refractivity contribution in [3.63, 3.8) is 0 Å². The summed E-state index contributed by atoms with van der Waals surface area (Å²) < 4.78 is 7.66. The quantitative estimate of drug-likeness (QED) is 0.811. The van der Waals surface area contributed by atoms with Gasteiger partial charge < -0.3 is 4.42 Å². The van der Waals surface area contributed by atoms with Crippen molar-refractivity contribution in [3.8, 4) is 0 Å². The van der Waals surface area contributed by atoms with Crippen LogP contribution in [0, 0.1) is 0 Å².